The Hall–Kier alpha value is -1.26. The van der Waals surface area contributed by atoms with Crippen LogP contribution < -0.4 is 10.1 Å². The van der Waals surface area contributed by atoms with Crippen molar-refractivity contribution in [2.75, 3.05) is 25.1 Å². The standard InChI is InChI=1S/C14H23NO3/c1-4-17-14-8-6-5-7-13(14)15-9-12(16)10-18-11(2)3/h5-8,11-12,15-16H,4,9-10H2,1-3H3. The Morgan fingerprint density at radius 3 is 2.67 bits per heavy atom. The number of hydrogen-bond donors (Lipinski definition) is 2. The zero-order valence-electron chi connectivity index (χ0n) is 11.3. The predicted molar refractivity (Wildman–Crippen MR) is 73.2 cm³/mol. The van der Waals surface area contributed by atoms with Crippen LogP contribution in [0.25, 0.3) is 0 Å². The summed E-state index contributed by atoms with van der Waals surface area (Å²) in [5.74, 6) is 0.803. The Balaban J connectivity index is 2.42. The monoisotopic (exact) mass is 253 g/mol. The zero-order chi connectivity index (χ0) is 13.4. The van der Waals surface area contributed by atoms with E-state index in [1.165, 1.54) is 0 Å². The van der Waals surface area contributed by atoms with Crippen molar-refractivity contribution in [2.45, 2.75) is 33.0 Å². The number of anilines is 1. The minimum Gasteiger partial charge on any atom is -0.492 e. The molecule has 0 fully saturated rings. The molecule has 0 saturated carbocycles. The number of aliphatic hydroxyl groups excluding tert-OH is 1. The van der Waals surface area contributed by atoms with Gasteiger partial charge in [0.1, 0.15) is 5.75 Å². The Labute approximate surface area is 109 Å². The smallest absolute Gasteiger partial charge is 0.142 e. The van der Waals surface area contributed by atoms with Gasteiger partial charge in [0.25, 0.3) is 0 Å². The van der Waals surface area contributed by atoms with Crippen LogP contribution in [-0.2, 0) is 4.74 Å². The van der Waals surface area contributed by atoms with Crippen LogP contribution in [-0.4, -0.2) is 37.1 Å². The quantitative estimate of drug-likeness (QED) is 0.746. The van der Waals surface area contributed by atoms with E-state index in [4.69, 9.17) is 9.47 Å². The fraction of sp³-hybridized carbons (Fsp3) is 0.571. The number of rotatable bonds is 8. The Morgan fingerprint density at radius 1 is 1.28 bits per heavy atom. The fourth-order valence-electron chi connectivity index (χ4n) is 1.48. The highest BCUT2D eigenvalue weighted by atomic mass is 16.5. The highest BCUT2D eigenvalue weighted by Crippen LogP contribution is 2.23. The maximum Gasteiger partial charge on any atom is 0.142 e. The highest BCUT2D eigenvalue weighted by molar-refractivity contribution is 5.56. The summed E-state index contributed by atoms with van der Waals surface area (Å²) in [6.45, 7) is 7.24. The van der Waals surface area contributed by atoms with E-state index in [0.29, 0.717) is 19.8 Å². The third-order valence-corrected chi connectivity index (χ3v) is 2.34. The summed E-state index contributed by atoms with van der Waals surface area (Å²) in [5.41, 5.74) is 0.892. The van der Waals surface area contributed by atoms with Gasteiger partial charge >= 0.3 is 0 Å². The number of benzene rings is 1. The summed E-state index contributed by atoms with van der Waals surface area (Å²) in [5, 5.41) is 12.9. The van der Waals surface area contributed by atoms with Gasteiger partial charge in [-0.3, -0.25) is 0 Å². The van der Waals surface area contributed by atoms with E-state index in [9.17, 15) is 5.11 Å². The van der Waals surface area contributed by atoms with Gasteiger partial charge in [-0.05, 0) is 32.9 Å². The molecule has 102 valence electrons. The molecule has 0 aliphatic rings. The number of nitrogens with one attached hydrogen (secondary N) is 1. The molecule has 2 N–H and O–H groups in total. The van der Waals surface area contributed by atoms with Crippen molar-refractivity contribution in [3.63, 3.8) is 0 Å². The van der Waals surface area contributed by atoms with E-state index in [1.54, 1.807) is 0 Å². The molecule has 0 spiro atoms. The normalized spacial score (nSPS) is 12.5. The lowest BCUT2D eigenvalue weighted by molar-refractivity contribution is 0.0112. The first-order valence-electron chi connectivity index (χ1n) is 6.38. The topological polar surface area (TPSA) is 50.7 Å². The number of ether oxygens (including phenoxy) is 2. The molecular weight excluding hydrogens is 230 g/mol. The second-order valence-corrected chi connectivity index (χ2v) is 4.35. The SMILES string of the molecule is CCOc1ccccc1NCC(O)COC(C)C. The van der Waals surface area contributed by atoms with Gasteiger partial charge in [-0.15, -0.1) is 0 Å². The minimum atomic E-state index is -0.526. The Kier molecular flexibility index (Phi) is 6.54. The first-order chi connectivity index (χ1) is 8.63. The highest BCUT2D eigenvalue weighted by Gasteiger charge is 2.07. The van der Waals surface area contributed by atoms with Crippen LogP contribution in [0.4, 0.5) is 5.69 Å². The molecule has 0 bridgehead atoms. The van der Waals surface area contributed by atoms with E-state index in [0.717, 1.165) is 11.4 Å². The minimum absolute atomic E-state index is 0.135. The fourth-order valence-corrected chi connectivity index (χ4v) is 1.48. The third kappa shape index (κ3) is 5.38. The predicted octanol–water partition coefficient (Wildman–Crippen LogP) is 2.28. The van der Waals surface area contributed by atoms with Crippen LogP contribution in [0.15, 0.2) is 24.3 Å². The van der Waals surface area contributed by atoms with Gasteiger partial charge in [0.15, 0.2) is 0 Å². The summed E-state index contributed by atoms with van der Waals surface area (Å²) in [4.78, 5) is 0. The molecule has 1 unspecified atom stereocenters. The van der Waals surface area contributed by atoms with Gasteiger partial charge < -0.3 is 19.9 Å². The third-order valence-electron chi connectivity index (χ3n) is 2.34. The van der Waals surface area contributed by atoms with E-state index in [-0.39, 0.29) is 6.10 Å². The van der Waals surface area contributed by atoms with E-state index in [1.807, 2.05) is 45.0 Å². The first kappa shape index (κ1) is 14.8. The molecule has 0 amide bonds. The van der Waals surface area contributed by atoms with Gasteiger partial charge in [-0.25, -0.2) is 0 Å². The average Bonchev–Trinajstić information content (AvgIpc) is 2.35. The van der Waals surface area contributed by atoms with Gasteiger partial charge in [0, 0.05) is 6.54 Å². The van der Waals surface area contributed by atoms with Gasteiger partial charge in [0.2, 0.25) is 0 Å². The first-order valence-corrected chi connectivity index (χ1v) is 6.38. The van der Waals surface area contributed by atoms with Crippen LogP contribution >= 0.6 is 0 Å². The number of hydrogen-bond acceptors (Lipinski definition) is 4. The van der Waals surface area contributed by atoms with Crippen LogP contribution in [0, 0.1) is 0 Å². The summed E-state index contributed by atoms with van der Waals surface area (Å²) < 4.78 is 10.8. The van der Waals surface area contributed by atoms with Crippen molar-refractivity contribution in [3.05, 3.63) is 24.3 Å². The summed E-state index contributed by atoms with van der Waals surface area (Å²) in [7, 11) is 0. The lowest BCUT2D eigenvalue weighted by Crippen LogP contribution is -2.26. The maximum atomic E-state index is 9.75. The van der Waals surface area contributed by atoms with Crippen molar-refractivity contribution in [3.8, 4) is 5.75 Å². The molecule has 0 aliphatic heterocycles. The molecule has 1 rings (SSSR count). The van der Waals surface area contributed by atoms with Gasteiger partial charge in [-0.2, -0.15) is 0 Å². The summed E-state index contributed by atoms with van der Waals surface area (Å²) in [6, 6.07) is 7.69. The molecule has 1 atom stereocenters. The molecule has 18 heavy (non-hydrogen) atoms. The van der Waals surface area contributed by atoms with Crippen molar-refractivity contribution in [1.82, 2.24) is 0 Å². The van der Waals surface area contributed by atoms with Crippen LogP contribution in [0.1, 0.15) is 20.8 Å². The van der Waals surface area contributed by atoms with E-state index >= 15 is 0 Å². The van der Waals surface area contributed by atoms with Crippen LogP contribution in [0.5, 0.6) is 5.75 Å². The van der Waals surface area contributed by atoms with Crippen molar-refractivity contribution >= 4 is 5.69 Å². The van der Waals surface area contributed by atoms with Crippen molar-refractivity contribution < 1.29 is 14.6 Å². The second kappa shape index (κ2) is 7.95. The number of aliphatic hydroxyl groups is 1. The van der Waals surface area contributed by atoms with Crippen LogP contribution in [0.2, 0.25) is 0 Å². The van der Waals surface area contributed by atoms with E-state index < -0.39 is 6.10 Å². The average molecular weight is 253 g/mol. The summed E-state index contributed by atoms with van der Waals surface area (Å²) in [6.07, 6.45) is -0.391. The van der Waals surface area contributed by atoms with Crippen molar-refractivity contribution in [1.29, 1.82) is 0 Å². The molecule has 0 saturated heterocycles. The Bertz CT molecular complexity index is 342. The molecule has 0 radical (unpaired) electrons. The lowest BCUT2D eigenvalue weighted by Gasteiger charge is -2.16. The maximum absolute atomic E-state index is 9.75. The van der Waals surface area contributed by atoms with Gasteiger partial charge in [0.05, 0.1) is 31.1 Å². The summed E-state index contributed by atoms with van der Waals surface area (Å²) >= 11 is 0. The Morgan fingerprint density at radius 2 is 2.00 bits per heavy atom. The molecule has 4 heteroatoms. The molecule has 1 aromatic rings. The second-order valence-electron chi connectivity index (χ2n) is 4.35. The van der Waals surface area contributed by atoms with Crippen molar-refractivity contribution in [2.24, 2.45) is 0 Å². The lowest BCUT2D eigenvalue weighted by atomic mass is 10.2. The molecule has 0 aliphatic carbocycles. The zero-order valence-corrected chi connectivity index (χ0v) is 11.3. The van der Waals surface area contributed by atoms with E-state index in [2.05, 4.69) is 5.32 Å². The largest absolute Gasteiger partial charge is 0.492 e. The van der Waals surface area contributed by atoms with Crippen LogP contribution in [0.3, 0.4) is 0 Å². The molecule has 1 aromatic carbocycles. The molecule has 0 heterocycles. The molecule has 0 aromatic heterocycles. The van der Waals surface area contributed by atoms with Gasteiger partial charge in [-0.1, -0.05) is 12.1 Å². The molecule has 4 nitrogen and oxygen atoms in total. The number of para-hydroxylation sites is 2. The molecular formula is C14H23NO3.